The van der Waals surface area contributed by atoms with Gasteiger partial charge >= 0.3 is 0 Å². The summed E-state index contributed by atoms with van der Waals surface area (Å²) in [5, 5.41) is 17.7. The lowest BCUT2D eigenvalue weighted by Gasteiger charge is -2.11. The molecule has 0 spiro atoms. The molecule has 0 amide bonds. The van der Waals surface area contributed by atoms with Gasteiger partial charge in [-0.2, -0.15) is 0 Å². The highest BCUT2D eigenvalue weighted by Gasteiger charge is 2.15. The lowest BCUT2D eigenvalue weighted by Crippen LogP contribution is -2.08. The van der Waals surface area contributed by atoms with Crippen LogP contribution in [0, 0.1) is 19.8 Å². The third kappa shape index (κ3) is 2.84. The van der Waals surface area contributed by atoms with Crippen LogP contribution in [0.4, 0.5) is 0 Å². The molecule has 0 aliphatic heterocycles. The van der Waals surface area contributed by atoms with Crippen molar-refractivity contribution < 1.29 is 5.11 Å². The van der Waals surface area contributed by atoms with Crippen molar-refractivity contribution in [2.24, 2.45) is 5.92 Å². The summed E-state index contributed by atoms with van der Waals surface area (Å²) in [6, 6.07) is 6.29. The summed E-state index contributed by atoms with van der Waals surface area (Å²) in [6.07, 6.45) is 0. The van der Waals surface area contributed by atoms with Gasteiger partial charge in [0.1, 0.15) is 5.69 Å². The number of nitrogens with zero attached hydrogens (tertiary/aromatic N) is 3. The Balaban J connectivity index is 2.52. The van der Waals surface area contributed by atoms with Crippen LogP contribution in [0.1, 0.15) is 30.7 Å². The van der Waals surface area contributed by atoms with Crippen molar-refractivity contribution in [1.82, 2.24) is 15.0 Å². The van der Waals surface area contributed by atoms with Crippen molar-refractivity contribution >= 4 is 0 Å². The summed E-state index contributed by atoms with van der Waals surface area (Å²) in [5.74, 6) is 0.485. The van der Waals surface area contributed by atoms with Crippen molar-refractivity contribution in [1.29, 1.82) is 0 Å². The summed E-state index contributed by atoms with van der Waals surface area (Å²) >= 11 is 0. The molecular weight excluding hydrogens is 238 g/mol. The molecule has 0 saturated carbocycles. The number of aromatic nitrogens is 3. The minimum atomic E-state index is -0.0830. The molecule has 2 rings (SSSR count). The minimum Gasteiger partial charge on any atom is -0.390 e. The zero-order valence-corrected chi connectivity index (χ0v) is 12.0. The van der Waals surface area contributed by atoms with Gasteiger partial charge in [-0.3, -0.25) is 0 Å². The van der Waals surface area contributed by atoms with Crippen LogP contribution in [0.15, 0.2) is 18.2 Å². The van der Waals surface area contributed by atoms with Crippen LogP contribution in [-0.4, -0.2) is 20.1 Å². The first-order chi connectivity index (χ1) is 9.02. The minimum absolute atomic E-state index is 0.0830. The van der Waals surface area contributed by atoms with E-state index < -0.39 is 0 Å². The predicted molar refractivity (Wildman–Crippen MR) is 75.7 cm³/mol. The highest BCUT2D eigenvalue weighted by molar-refractivity contribution is 5.63. The molecule has 0 aliphatic rings. The number of hydrogen-bond donors (Lipinski definition) is 1. The fourth-order valence-electron chi connectivity index (χ4n) is 2.13. The van der Waals surface area contributed by atoms with Gasteiger partial charge in [0.2, 0.25) is 0 Å². The van der Waals surface area contributed by atoms with E-state index in [1.54, 1.807) is 0 Å². The molecule has 1 aromatic carbocycles. The van der Waals surface area contributed by atoms with Crippen LogP contribution in [-0.2, 0) is 13.2 Å². The normalized spacial score (nSPS) is 11.3. The second-order valence-electron chi connectivity index (χ2n) is 5.42. The van der Waals surface area contributed by atoms with Crippen LogP contribution < -0.4 is 0 Å². The van der Waals surface area contributed by atoms with E-state index in [1.165, 1.54) is 11.1 Å². The Labute approximate surface area is 114 Å². The predicted octanol–water partition coefficient (Wildman–Crippen LogP) is 2.71. The van der Waals surface area contributed by atoms with E-state index >= 15 is 0 Å². The lowest BCUT2D eigenvalue weighted by molar-refractivity contribution is 0.277. The second kappa shape index (κ2) is 5.53. The van der Waals surface area contributed by atoms with E-state index in [4.69, 9.17) is 0 Å². The summed E-state index contributed by atoms with van der Waals surface area (Å²) in [7, 11) is 0. The largest absolute Gasteiger partial charge is 0.390 e. The Morgan fingerprint density at radius 1 is 1.21 bits per heavy atom. The molecular formula is C15H21N3O. The second-order valence-corrected chi connectivity index (χ2v) is 5.42. The average Bonchev–Trinajstić information content (AvgIpc) is 2.74. The third-order valence-electron chi connectivity index (χ3n) is 3.27. The summed E-state index contributed by atoms with van der Waals surface area (Å²) in [4.78, 5) is 0. The maximum Gasteiger partial charge on any atom is 0.116 e. The molecule has 0 atom stereocenters. The molecule has 0 fully saturated rings. The average molecular weight is 259 g/mol. The number of aliphatic hydroxyl groups is 1. The Morgan fingerprint density at radius 3 is 2.53 bits per heavy atom. The summed E-state index contributed by atoms with van der Waals surface area (Å²) in [6.45, 7) is 9.19. The van der Waals surface area contributed by atoms with Gasteiger partial charge < -0.3 is 5.11 Å². The zero-order chi connectivity index (χ0) is 14.0. The van der Waals surface area contributed by atoms with Gasteiger partial charge in [0.05, 0.1) is 12.3 Å². The van der Waals surface area contributed by atoms with Crippen molar-refractivity contribution in [3.05, 3.63) is 35.0 Å². The monoisotopic (exact) mass is 259 g/mol. The fourth-order valence-corrected chi connectivity index (χ4v) is 2.13. The Kier molecular flexibility index (Phi) is 4.00. The number of aryl methyl sites for hydroxylation is 2. The zero-order valence-electron chi connectivity index (χ0n) is 12.0. The van der Waals surface area contributed by atoms with Gasteiger partial charge in [0.15, 0.2) is 0 Å². The van der Waals surface area contributed by atoms with Gasteiger partial charge in [0, 0.05) is 12.1 Å². The molecule has 0 saturated heterocycles. The SMILES string of the molecule is Cc1ccc(-c2c(CO)nnn2CC(C)C)cc1C. The molecule has 1 heterocycles. The number of hydrogen-bond acceptors (Lipinski definition) is 3. The number of rotatable bonds is 4. The van der Waals surface area contributed by atoms with Crippen molar-refractivity contribution in [2.75, 3.05) is 0 Å². The first-order valence-corrected chi connectivity index (χ1v) is 6.63. The van der Waals surface area contributed by atoms with Crippen LogP contribution in [0.25, 0.3) is 11.3 Å². The Morgan fingerprint density at radius 2 is 1.95 bits per heavy atom. The topological polar surface area (TPSA) is 50.9 Å². The molecule has 2 aromatic rings. The van der Waals surface area contributed by atoms with E-state index in [0.29, 0.717) is 11.6 Å². The van der Waals surface area contributed by atoms with E-state index in [9.17, 15) is 5.11 Å². The quantitative estimate of drug-likeness (QED) is 0.918. The molecule has 0 bridgehead atoms. The van der Waals surface area contributed by atoms with Crippen LogP contribution in [0.2, 0.25) is 0 Å². The smallest absolute Gasteiger partial charge is 0.116 e. The van der Waals surface area contributed by atoms with E-state index in [-0.39, 0.29) is 6.61 Å². The highest BCUT2D eigenvalue weighted by Crippen LogP contribution is 2.25. The lowest BCUT2D eigenvalue weighted by atomic mass is 10.0. The molecule has 0 unspecified atom stereocenters. The summed E-state index contributed by atoms with van der Waals surface area (Å²) < 4.78 is 1.89. The molecule has 4 heteroatoms. The van der Waals surface area contributed by atoms with Gasteiger partial charge in [-0.05, 0) is 37.0 Å². The maximum atomic E-state index is 9.44. The molecule has 1 N–H and O–H groups in total. The highest BCUT2D eigenvalue weighted by atomic mass is 16.3. The molecule has 4 nitrogen and oxygen atoms in total. The molecule has 1 aromatic heterocycles. The van der Waals surface area contributed by atoms with Gasteiger partial charge in [-0.15, -0.1) is 5.10 Å². The molecule has 0 aliphatic carbocycles. The van der Waals surface area contributed by atoms with E-state index in [1.807, 2.05) is 4.68 Å². The van der Waals surface area contributed by atoms with Crippen LogP contribution >= 0.6 is 0 Å². The van der Waals surface area contributed by atoms with Gasteiger partial charge in [-0.25, -0.2) is 4.68 Å². The maximum absolute atomic E-state index is 9.44. The van der Waals surface area contributed by atoms with E-state index in [0.717, 1.165) is 17.8 Å². The van der Waals surface area contributed by atoms with Gasteiger partial charge in [-0.1, -0.05) is 31.2 Å². The number of aliphatic hydroxyl groups excluding tert-OH is 1. The van der Waals surface area contributed by atoms with Crippen molar-refractivity contribution in [2.45, 2.75) is 40.8 Å². The summed E-state index contributed by atoms with van der Waals surface area (Å²) in [5.41, 5.74) is 5.14. The molecule has 19 heavy (non-hydrogen) atoms. The van der Waals surface area contributed by atoms with Crippen LogP contribution in [0.5, 0.6) is 0 Å². The fraction of sp³-hybridized carbons (Fsp3) is 0.467. The number of benzene rings is 1. The Hall–Kier alpha value is -1.68. The van der Waals surface area contributed by atoms with Crippen molar-refractivity contribution in [3.8, 4) is 11.3 Å². The Bertz CT molecular complexity index is 573. The molecule has 102 valence electrons. The van der Waals surface area contributed by atoms with Crippen LogP contribution in [0.3, 0.4) is 0 Å². The molecule has 0 radical (unpaired) electrons. The first-order valence-electron chi connectivity index (χ1n) is 6.63. The third-order valence-corrected chi connectivity index (χ3v) is 3.27. The standard InChI is InChI=1S/C15H21N3O/c1-10(2)8-18-15(14(9-19)16-17-18)13-6-5-11(3)12(4)7-13/h5-7,10,19H,8-9H2,1-4H3. The van der Waals surface area contributed by atoms with Gasteiger partial charge in [0.25, 0.3) is 0 Å². The van der Waals surface area contributed by atoms with Crippen molar-refractivity contribution in [3.63, 3.8) is 0 Å². The van der Waals surface area contributed by atoms with E-state index in [2.05, 4.69) is 56.2 Å². The first kappa shape index (κ1) is 13.7.